The molecule has 0 spiro atoms. The van der Waals surface area contributed by atoms with Gasteiger partial charge >= 0.3 is 0 Å². The number of halogens is 2. The van der Waals surface area contributed by atoms with E-state index in [9.17, 15) is 9.18 Å². The molecule has 158 valence electrons. The van der Waals surface area contributed by atoms with Crippen LogP contribution >= 0.6 is 11.6 Å². The highest BCUT2D eigenvalue weighted by Gasteiger charge is 2.21. The zero-order chi connectivity index (χ0) is 22.1. The normalized spacial score (nSPS) is 10.9. The molecule has 0 unspecified atom stereocenters. The summed E-state index contributed by atoms with van der Waals surface area (Å²) in [6, 6.07) is 10.5. The van der Waals surface area contributed by atoms with Gasteiger partial charge in [-0.3, -0.25) is 4.79 Å². The van der Waals surface area contributed by atoms with E-state index in [1.165, 1.54) is 26.4 Å². The highest BCUT2D eigenvalue weighted by molar-refractivity contribution is 6.32. The number of carbonyl (C=O) groups excluding carboxylic acids is 1. The lowest BCUT2D eigenvalue weighted by Gasteiger charge is -2.14. The van der Waals surface area contributed by atoms with Gasteiger partial charge in [-0.1, -0.05) is 16.8 Å². The van der Waals surface area contributed by atoms with Crippen molar-refractivity contribution in [3.63, 3.8) is 0 Å². The van der Waals surface area contributed by atoms with Crippen molar-refractivity contribution in [3.8, 4) is 22.8 Å². The second-order valence-electron chi connectivity index (χ2n) is 6.65. The Labute approximate surface area is 181 Å². The lowest BCUT2D eigenvalue weighted by molar-refractivity contribution is 0.102. The average Bonchev–Trinajstić information content (AvgIpc) is 3.15. The molecule has 0 fully saturated rings. The number of carbonyl (C=O) groups is 1. The van der Waals surface area contributed by atoms with Gasteiger partial charge in [-0.05, 0) is 37.3 Å². The summed E-state index contributed by atoms with van der Waals surface area (Å²) in [7, 11) is 2.94. The molecule has 0 aliphatic heterocycles. The minimum absolute atomic E-state index is 0.199. The Balaban J connectivity index is 1.81. The van der Waals surface area contributed by atoms with Crippen LogP contribution in [0.1, 0.15) is 16.1 Å². The number of anilines is 1. The molecular weight excluding hydrogens is 425 g/mol. The molecule has 31 heavy (non-hydrogen) atoms. The smallest absolute Gasteiger partial charge is 0.259 e. The predicted octanol–water partition coefficient (Wildman–Crippen LogP) is 5.26. The molecule has 0 saturated heterocycles. The topological polar surface area (TPSA) is 86.5 Å². The first-order chi connectivity index (χ1) is 14.9. The average molecular weight is 442 g/mol. The summed E-state index contributed by atoms with van der Waals surface area (Å²) in [6.45, 7) is 1.72. The second-order valence-corrected chi connectivity index (χ2v) is 7.06. The molecule has 7 nitrogen and oxygen atoms in total. The van der Waals surface area contributed by atoms with Crippen LogP contribution in [0.2, 0.25) is 5.02 Å². The highest BCUT2D eigenvalue weighted by Crippen LogP contribution is 2.36. The summed E-state index contributed by atoms with van der Waals surface area (Å²) in [6.07, 6.45) is 0. The van der Waals surface area contributed by atoms with Crippen molar-refractivity contribution >= 4 is 34.3 Å². The van der Waals surface area contributed by atoms with Gasteiger partial charge in [-0.15, -0.1) is 0 Å². The predicted molar refractivity (Wildman–Crippen MR) is 114 cm³/mol. The molecule has 4 aromatic rings. The fourth-order valence-electron chi connectivity index (χ4n) is 3.19. The van der Waals surface area contributed by atoms with E-state index in [0.717, 1.165) is 0 Å². The van der Waals surface area contributed by atoms with E-state index in [1.54, 1.807) is 37.3 Å². The van der Waals surface area contributed by atoms with Gasteiger partial charge in [0.2, 0.25) is 0 Å². The number of ether oxygens (including phenoxy) is 2. The van der Waals surface area contributed by atoms with Crippen molar-refractivity contribution < 1.29 is 23.2 Å². The van der Waals surface area contributed by atoms with Crippen molar-refractivity contribution in [2.75, 3.05) is 19.5 Å². The Morgan fingerprint density at radius 3 is 2.48 bits per heavy atom. The van der Waals surface area contributed by atoms with Crippen LogP contribution in [0.15, 0.2) is 47.0 Å². The first kappa shape index (κ1) is 20.6. The second kappa shape index (κ2) is 8.23. The number of benzene rings is 2. The number of rotatable bonds is 5. The van der Waals surface area contributed by atoms with Crippen LogP contribution in [0, 0.1) is 12.7 Å². The first-order valence-electron chi connectivity index (χ1n) is 9.17. The molecule has 0 aliphatic rings. The number of nitrogens with zero attached hydrogens (tertiary/aromatic N) is 2. The van der Waals surface area contributed by atoms with E-state index in [4.69, 9.17) is 25.6 Å². The van der Waals surface area contributed by atoms with Crippen molar-refractivity contribution in [1.29, 1.82) is 0 Å². The summed E-state index contributed by atoms with van der Waals surface area (Å²) in [5.41, 5.74) is 2.44. The summed E-state index contributed by atoms with van der Waals surface area (Å²) in [4.78, 5) is 17.7. The number of aromatic nitrogens is 2. The van der Waals surface area contributed by atoms with Crippen molar-refractivity contribution in [2.24, 2.45) is 0 Å². The minimum Gasteiger partial charge on any atom is -0.495 e. The summed E-state index contributed by atoms with van der Waals surface area (Å²) in [5, 5.41) is 7.56. The van der Waals surface area contributed by atoms with E-state index in [-0.39, 0.29) is 11.5 Å². The maximum absolute atomic E-state index is 13.3. The van der Waals surface area contributed by atoms with Gasteiger partial charge in [0.05, 0.1) is 47.3 Å². The standard InChI is InChI=1S/C22H17ClFN3O4/c1-11-20-14(21(28)25-17-10-18(29-2)15(23)9-19(17)30-3)8-16(26-22(20)31-27-11)12-4-6-13(24)7-5-12/h4-10H,1-3H3,(H,25,28). The number of fused-ring (bicyclic) bond motifs is 1. The van der Waals surface area contributed by atoms with Gasteiger partial charge in [0, 0.05) is 17.7 Å². The van der Waals surface area contributed by atoms with Crippen LogP contribution in [-0.2, 0) is 0 Å². The van der Waals surface area contributed by atoms with Crippen LogP contribution in [0.5, 0.6) is 11.5 Å². The van der Waals surface area contributed by atoms with Gasteiger partial charge in [-0.25, -0.2) is 9.37 Å². The monoisotopic (exact) mass is 441 g/mol. The van der Waals surface area contributed by atoms with Crippen molar-refractivity contribution in [2.45, 2.75) is 6.92 Å². The van der Waals surface area contributed by atoms with Crippen molar-refractivity contribution in [3.05, 3.63) is 64.6 Å². The molecule has 9 heteroatoms. The molecule has 1 amide bonds. The Kier molecular flexibility index (Phi) is 5.48. The minimum atomic E-state index is -0.440. The Hall–Kier alpha value is -3.65. The number of nitrogens with one attached hydrogen (secondary N) is 1. The Morgan fingerprint density at radius 1 is 1.10 bits per heavy atom. The van der Waals surface area contributed by atoms with Crippen LogP contribution in [0.25, 0.3) is 22.4 Å². The Bertz CT molecular complexity index is 1290. The third kappa shape index (κ3) is 3.89. The number of hydrogen-bond donors (Lipinski definition) is 1. The number of amides is 1. The molecule has 0 radical (unpaired) electrons. The fourth-order valence-corrected chi connectivity index (χ4v) is 3.42. The summed E-state index contributed by atoms with van der Waals surface area (Å²) in [5.74, 6) is -0.0668. The van der Waals surface area contributed by atoms with E-state index in [0.29, 0.717) is 50.1 Å². The maximum Gasteiger partial charge on any atom is 0.259 e. The largest absolute Gasteiger partial charge is 0.495 e. The fraction of sp³-hybridized carbons (Fsp3) is 0.136. The van der Waals surface area contributed by atoms with E-state index in [2.05, 4.69) is 15.5 Å². The molecule has 4 rings (SSSR count). The number of methoxy groups -OCH3 is 2. The van der Waals surface area contributed by atoms with Gasteiger partial charge < -0.3 is 19.3 Å². The van der Waals surface area contributed by atoms with E-state index < -0.39 is 5.91 Å². The van der Waals surface area contributed by atoms with E-state index in [1.807, 2.05) is 0 Å². The number of pyridine rings is 1. The van der Waals surface area contributed by atoms with Crippen LogP contribution in [0.4, 0.5) is 10.1 Å². The Morgan fingerprint density at radius 2 is 1.81 bits per heavy atom. The zero-order valence-electron chi connectivity index (χ0n) is 16.8. The highest BCUT2D eigenvalue weighted by atomic mass is 35.5. The van der Waals surface area contributed by atoms with Gasteiger partial charge in [0.1, 0.15) is 17.3 Å². The summed E-state index contributed by atoms with van der Waals surface area (Å²) >= 11 is 6.14. The molecule has 1 N–H and O–H groups in total. The number of aryl methyl sites for hydroxylation is 1. The molecule has 2 aromatic heterocycles. The number of hydrogen-bond acceptors (Lipinski definition) is 6. The third-order valence-electron chi connectivity index (χ3n) is 4.72. The molecule has 0 bridgehead atoms. The van der Waals surface area contributed by atoms with Gasteiger partial charge in [-0.2, -0.15) is 0 Å². The maximum atomic E-state index is 13.3. The SMILES string of the molecule is COc1cc(NC(=O)c2cc(-c3ccc(F)cc3)nc3onc(C)c23)c(OC)cc1Cl. The lowest BCUT2D eigenvalue weighted by Crippen LogP contribution is -2.14. The van der Waals surface area contributed by atoms with E-state index >= 15 is 0 Å². The molecule has 2 heterocycles. The van der Waals surface area contributed by atoms with Crippen LogP contribution < -0.4 is 14.8 Å². The van der Waals surface area contributed by atoms with Gasteiger partial charge in [0.25, 0.3) is 11.6 Å². The zero-order valence-corrected chi connectivity index (χ0v) is 17.6. The third-order valence-corrected chi connectivity index (χ3v) is 5.02. The van der Waals surface area contributed by atoms with Gasteiger partial charge in [0.15, 0.2) is 0 Å². The van der Waals surface area contributed by atoms with Crippen LogP contribution in [0.3, 0.4) is 0 Å². The molecule has 0 saturated carbocycles. The van der Waals surface area contributed by atoms with Crippen molar-refractivity contribution in [1.82, 2.24) is 10.1 Å². The molecule has 2 aromatic carbocycles. The first-order valence-corrected chi connectivity index (χ1v) is 9.55. The molecular formula is C22H17ClFN3O4. The summed E-state index contributed by atoms with van der Waals surface area (Å²) < 4.78 is 29.2. The quantitative estimate of drug-likeness (QED) is 0.454. The molecule has 0 aliphatic carbocycles. The molecule has 0 atom stereocenters. The van der Waals surface area contributed by atoms with Crippen LogP contribution in [-0.4, -0.2) is 30.3 Å². The lowest BCUT2D eigenvalue weighted by atomic mass is 10.0.